The van der Waals surface area contributed by atoms with Gasteiger partial charge in [0, 0.05) is 13.1 Å². The van der Waals surface area contributed by atoms with E-state index in [0.717, 1.165) is 45.0 Å². The first-order chi connectivity index (χ1) is 11.3. The summed E-state index contributed by atoms with van der Waals surface area (Å²) in [5, 5.41) is 0. The zero-order chi connectivity index (χ0) is 15.9. The monoisotopic (exact) mass is 311 g/mol. The lowest BCUT2D eigenvalue weighted by atomic mass is 10.0. The fourth-order valence-electron chi connectivity index (χ4n) is 3.04. The molecule has 0 N–H and O–H groups in total. The van der Waals surface area contributed by atoms with Crippen LogP contribution in [0.1, 0.15) is 12.0 Å². The third kappa shape index (κ3) is 4.57. The van der Waals surface area contributed by atoms with Crippen molar-refractivity contribution in [2.24, 2.45) is 0 Å². The van der Waals surface area contributed by atoms with Crippen LogP contribution in [0.3, 0.4) is 0 Å². The number of methoxy groups -OCH3 is 1. The Kier molecular flexibility index (Phi) is 5.67. The molecule has 3 nitrogen and oxygen atoms in total. The van der Waals surface area contributed by atoms with E-state index < -0.39 is 0 Å². The summed E-state index contributed by atoms with van der Waals surface area (Å²) < 4.78 is 10.7. The van der Waals surface area contributed by atoms with Gasteiger partial charge >= 0.3 is 0 Å². The van der Waals surface area contributed by atoms with Crippen LogP contribution in [0.5, 0.6) is 5.75 Å². The maximum atomic E-state index is 5.40. The fraction of sp³-hybridized carbons (Fsp3) is 0.400. The Labute approximate surface area is 138 Å². The summed E-state index contributed by atoms with van der Waals surface area (Å²) >= 11 is 0. The number of aryl methyl sites for hydroxylation is 1. The van der Waals surface area contributed by atoms with Crippen LogP contribution < -0.4 is 4.74 Å². The van der Waals surface area contributed by atoms with Gasteiger partial charge in [0.2, 0.25) is 0 Å². The first kappa shape index (κ1) is 16.0. The lowest BCUT2D eigenvalue weighted by molar-refractivity contribution is 0.0375. The highest BCUT2D eigenvalue weighted by Crippen LogP contribution is 2.24. The van der Waals surface area contributed by atoms with E-state index in [9.17, 15) is 0 Å². The summed E-state index contributed by atoms with van der Waals surface area (Å²) in [6.45, 7) is 5.07. The number of benzene rings is 2. The van der Waals surface area contributed by atoms with Gasteiger partial charge < -0.3 is 9.47 Å². The average Bonchev–Trinajstić information content (AvgIpc) is 2.63. The van der Waals surface area contributed by atoms with Gasteiger partial charge in [-0.05, 0) is 48.2 Å². The van der Waals surface area contributed by atoms with Gasteiger partial charge in [0.15, 0.2) is 0 Å². The minimum absolute atomic E-state index is 0.880. The lowest BCUT2D eigenvalue weighted by Gasteiger charge is -2.26. The van der Waals surface area contributed by atoms with Crippen LogP contribution in [0.25, 0.3) is 11.1 Å². The Balaban J connectivity index is 1.60. The highest BCUT2D eigenvalue weighted by molar-refractivity contribution is 5.65. The topological polar surface area (TPSA) is 21.7 Å². The predicted molar refractivity (Wildman–Crippen MR) is 94.0 cm³/mol. The van der Waals surface area contributed by atoms with Crippen LogP contribution in [0.15, 0.2) is 48.5 Å². The van der Waals surface area contributed by atoms with Crippen molar-refractivity contribution in [3.05, 3.63) is 54.1 Å². The Morgan fingerprint density at radius 3 is 2.52 bits per heavy atom. The van der Waals surface area contributed by atoms with E-state index in [1.807, 2.05) is 12.1 Å². The molecule has 0 atom stereocenters. The summed E-state index contributed by atoms with van der Waals surface area (Å²) in [6.07, 6.45) is 2.32. The first-order valence-corrected chi connectivity index (χ1v) is 8.38. The van der Waals surface area contributed by atoms with Gasteiger partial charge in [-0.2, -0.15) is 0 Å². The minimum atomic E-state index is 0.880. The number of ether oxygens (including phenoxy) is 2. The summed E-state index contributed by atoms with van der Waals surface area (Å²) in [6, 6.07) is 17.1. The van der Waals surface area contributed by atoms with E-state index in [1.54, 1.807) is 7.11 Å². The second-order valence-electron chi connectivity index (χ2n) is 5.99. The normalized spacial score (nSPS) is 15.5. The van der Waals surface area contributed by atoms with E-state index in [-0.39, 0.29) is 0 Å². The highest BCUT2D eigenvalue weighted by atomic mass is 16.5. The molecule has 0 radical (unpaired) electrons. The van der Waals surface area contributed by atoms with E-state index in [0.29, 0.717) is 0 Å². The molecule has 1 aliphatic heterocycles. The Morgan fingerprint density at radius 2 is 1.74 bits per heavy atom. The molecule has 0 bridgehead atoms. The highest BCUT2D eigenvalue weighted by Gasteiger charge is 2.09. The molecule has 3 rings (SSSR count). The average molecular weight is 311 g/mol. The SMILES string of the molecule is COc1cccc(-c2cccc(CCCN3CCOCC3)c2)c1. The zero-order valence-electron chi connectivity index (χ0n) is 13.8. The summed E-state index contributed by atoms with van der Waals surface area (Å²) in [5.74, 6) is 0.903. The van der Waals surface area contributed by atoms with E-state index >= 15 is 0 Å². The number of rotatable bonds is 6. The van der Waals surface area contributed by atoms with Gasteiger partial charge in [-0.15, -0.1) is 0 Å². The Bertz CT molecular complexity index is 621. The molecule has 0 spiro atoms. The van der Waals surface area contributed by atoms with Crippen molar-refractivity contribution in [2.45, 2.75) is 12.8 Å². The van der Waals surface area contributed by atoms with E-state index in [4.69, 9.17) is 9.47 Å². The fourth-order valence-corrected chi connectivity index (χ4v) is 3.04. The van der Waals surface area contributed by atoms with Crippen LogP contribution in [-0.2, 0) is 11.2 Å². The molecule has 0 saturated carbocycles. The molecule has 0 unspecified atom stereocenters. The quantitative estimate of drug-likeness (QED) is 0.813. The maximum absolute atomic E-state index is 5.40. The van der Waals surface area contributed by atoms with Gasteiger partial charge in [0.1, 0.15) is 5.75 Å². The van der Waals surface area contributed by atoms with Crippen LogP contribution in [0.2, 0.25) is 0 Å². The maximum Gasteiger partial charge on any atom is 0.119 e. The molecule has 0 aromatic heterocycles. The van der Waals surface area contributed by atoms with Crippen LogP contribution in [0, 0.1) is 0 Å². The molecule has 0 amide bonds. The lowest BCUT2D eigenvalue weighted by Crippen LogP contribution is -2.36. The molecular formula is C20H25NO2. The van der Waals surface area contributed by atoms with Crippen LogP contribution in [-0.4, -0.2) is 44.9 Å². The molecule has 2 aromatic rings. The number of nitrogens with zero attached hydrogens (tertiary/aromatic N) is 1. The minimum Gasteiger partial charge on any atom is -0.497 e. The standard InChI is InChI=1S/C20H25NO2/c1-22-20-9-3-8-19(16-20)18-7-2-5-17(15-18)6-4-10-21-11-13-23-14-12-21/h2-3,5,7-9,15-16H,4,6,10-14H2,1H3. The molecule has 1 fully saturated rings. The third-order valence-corrected chi connectivity index (χ3v) is 4.37. The molecule has 122 valence electrons. The second-order valence-corrected chi connectivity index (χ2v) is 5.99. The molecule has 1 saturated heterocycles. The van der Waals surface area contributed by atoms with Gasteiger partial charge in [-0.25, -0.2) is 0 Å². The van der Waals surface area contributed by atoms with Crippen molar-refractivity contribution in [2.75, 3.05) is 40.0 Å². The number of morpholine rings is 1. The summed E-state index contributed by atoms with van der Waals surface area (Å²) in [4.78, 5) is 2.50. The van der Waals surface area contributed by atoms with Gasteiger partial charge in [0.25, 0.3) is 0 Å². The van der Waals surface area contributed by atoms with Crippen LogP contribution >= 0.6 is 0 Å². The van der Waals surface area contributed by atoms with Crippen LogP contribution in [0.4, 0.5) is 0 Å². The molecule has 1 aliphatic rings. The smallest absolute Gasteiger partial charge is 0.119 e. The van der Waals surface area contributed by atoms with Gasteiger partial charge in [0.05, 0.1) is 20.3 Å². The Morgan fingerprint density at radius 1 is 1.00 bits per heavy atom. The third-order valence-electron chi connectivity index (χ3n) is 4.37. The molecule has 3 heteroatoms. The predicted octanol–water partition coefficient (Wildman–Crippen LogP) is 3.63. The number of hydrogen-bond acceptors (Lipinski definition) is 3. The molecule has 0 aliphatic carbocycles. The molecular weight excluding hydrogens is 286 g/mol. The zero-order valence-corrected chi connectivity index (χ0v) is 13.8. The van der Waals surface area contributed by atoms with Crippen molar-refractivity contribution in [1.82, 2.24) is 4.90 Å². The van der Waals surface area contributed by atoms with Crippen molar-refractivity contribution in [3.8, 4) is 16.9 Å². The van der Waals surface area contributed by atoms with Crippen molar-refractivity contribution >= 4 is 0 Å². The van der Waals surface area contributed by atoms with Gasteiger partial charge in [-0.1, -0.05) is 36.4 Å². The first-order valence-electron chi connectivity index (χ1n) is 8.38. The summed E-state index contributed by atoms with van der Waals surface area (Å²) in [7, 11) is 1.71. The summed E-state index contributed by atoms with van der Waals surface area (Å²) in [5.41, 5.74) is 3.87. The molecule has 23 heavy (non-hydrogen) atoms. The second kappa shape index (κ2) is 8.14. The molecule has 2 aromatic carbocycles. The van der Waals surface area contributed by atoms with Crippen molar-refractivity contribution in [3.63, 3.8) is 0 Å². The largest absolute Gasteiger partial charge is 0.497 e. The van der Waals surface area contributed by atoms with E-state index in [1.165, 1.54) is 23.1 Å². The Hall–Kier alpha value is -1.84. The van der Waals surface area contributed by atoms with Crippen molar-refractivity contribution in [1.29, 1.82) is 0 Å². The number of hydrogen-bond donors (Lipinski definition) is 0. The van der Waals surface area contributed by atoms with E-state index in [2.05, 4.69) is 41.3 Å². The van der Waals surface area contributed by atoms with Gasteiger partial charge in [-0.3, -0.25) is 4.90 Å². The molecule has 1 heterocycles. The van der Waals surface area contributed by atoms with Crippen molar-refractivity contribution < 1.29 is 9.47 Å².